The summed E-state index contributed by atoms with van der Waals surface area (Å²) in [5, 5.41) is 4.24. The lowest BCUT2D eigenvalue weighted by atomic mass is 9.78. The highest BCUT2D eigenvalue weighted by Gasteiger charge is 2.28. The van der Waals surface area contributed by atoms with Crippen molar-refractivity contribution in [3.05, 3.63) is 46.8 Å². The molecule has 21 heavy (non-hydrogen) atoms. The zero-order chi connectivity index (χ0) is 15.0. The minimum absolute atomic E-state index is 0.297. The Balaban J connectivity index is 1.67. The molecule has 0 aliphatic heterocycles. The van der Waals surface area contributed by atoms with Crippen LogP contribution in [0, 0.1) is 0 Å². The molecule has 1 aromatic carbocycles. The summed E-state index contributed by atoms with van der Waals surface area (Å²) < 4.78 is 6.93. The molecule has 1 unspecified atom stereocenters. The molecule has 5 nitrogen and oxygen atoms in total. The highest BCUT2D eigenvalue weighted by atomic mass is 16.5. The number of rotatable bonds is 4. The molecule has 0 spiro atoms. The number of benzene rings is 1. The summed E-state index contributed by atoms with van der Waals surface area (Å²) in [6, 6.07) is 8.24. The summed E-state index contributed by atoms with van der Waals surface area (Å²) in [6.45, 7) is 2.35. The van der Waals surface area contributed by atoms with Crippen LogP contribution in [-0.4, -0.2) is 22.4 Å². The van der Waals surface area contributed by atoms with E-state index in [1.165, 1.54) is 15.8 Å². The van der Waals surface area contributed by atoms with E-state index in [2.05, 4.69) is 17.2 Å². The van der Waals surface area contributed by atoms with Crippen molar-refractivity contribution < 1.29 is 9.53 Å². The van der Waals surface area contributed by atoms with Gasteiger partial charge in [-0.2, -0.15) is 5.10 Å². The number of carbonyl (C=O) groups excluding carboxylic acids is 1. The Morgan fingerprint density at radius 3 is 2.90 bits per heavy atom. The number of aryl methyl sites for hydroxylation is 2. The molecule has 2 N–H and O–H groups in total. The van der Waals surface area contributed by atoms with Gasteiger partial charge in [0.2, 0.25) is 0 Å². The standard InChI is InChI=1S/C16H19N3O2/c1-3-13-14(17)15(19(2)18-13)16(20)21-9-11-8-10-6-4-5-7-12(10)11/h4-7,11H,3,8-9,17H2,1-2H3. The van der Waals surface area contributed by atoms with Crippen LogP contribution in [0.1, 0.15) is 40.2 Å². The van der Waals surface area contributed by atoms with Crippen LogP contribution in [0.15, 0.2) is 24.3 Å². The first-order valence-electron chi connectivity index (χ1n) is 7.18. The van der Waals surface area contributed by atoms with Gasteiger partial charge in [-0.25, -0.2) is 4.79 Å². The van der Waals surface area contributed by atoms with E-state index < -0.39 is 5.97 Å². The van der Waals surface area contributed by atoms with Gasteiger partial charge in [0.15, 0.2) is 5.69 Å². The Morgan fingerprint density at radius 1 is 1.48 bits per heavy atom. The summed E-state index contributed by atoms with van der Waals surface area (Å²) in [5.74, 6) is -0.100. The predicted molar refractivity (Wildman–Crippen MR) is 80.2 cm³/mol. The lowest BCUT2D eigenvalue weighted by Gasteiger charge is -2.29. The van der Waals surface area contributed by atoms with E-state index in [1.54, 1.807) is 7.05 Å². The largest absolute Gasteiger partial charge is 0.460 e. The molecular formula is C16H19N3O2. The first-order chi connectivity index (χ1) is 10.1. The van der Waals surface area contributed by atoms with E-state index in [0.29, 0.717) is 30.3 Å². The molecule has 0 amide bonds. The first kappa shape index (κ1) is 13.7. The SMILES string of the molecule is CCc1nn(C)c(C(=O)OCC2Cc3ccccc32)c1N. The number of aromatic nitrogens is 2. The summed E-state index contributed by atoms with van der Waals surface area (Å²) in [6.07, 6.45) is 1.66. The summed E-state index contributed by atoms with van der Waals surface area (Å²) in [4.78, 5) is 12.2. The van der Waals surface area contributed by atoms with Gasteiger partial charge in [-0.15, -0.1) is 0 Å². The molecule has 1 aliphatic carbocycles. The number of nitrogen functional groups attached to an aromatic ring is 1. The van der Waals surface area contributed by atoms with Gasteiger partial charge in [-0.3, -0.25) is 4.68 Å². The average Bonchev–Trinajstić information content (AvgIpc) is 2.74. The van der Waals surface area contributed by atoms with E-state index in [1.807, 2.05) is 19.1 Å². The zero-order valence-corrected chi connectivity index (χ0v) is 12.3. The minimum atomic E-state index is -0.397. The van der Waals surface area contributed by atoms with E-state index >= 15 is 0 Å². The van der Waals surface area contributed by atoms with Crippen LogP contribution in [0.2, 0.25) is 0 Å². The van der Waals surface area contributed by atoms with Crippen molar-refractivity contribution in [3.8, 4) is 0 Å². The summed E-state index contributed by atoms with van der Waals surface area (Å²) in [5.41, 5.74) is 10.1. The molecule has 1 aliphatic rings. The topological polar surface area (TPSA) is 70.1 Å². The Bertz CT molecular complexity index is 691. The number of ether oxygens (including phenoxy) is 1. The molecular weight excluding hydrogens is 266 g/mol. The number of hydrogen-bond donors (Lipinski definition) is 1. The van der Waals surface area contributed by atoms with Crippen LogP contribution < -0.4 is 5.73 Å². The molecule has 1 heterocycles. The van der Waals surface area contributed by atoms with Crippen molar-refractivity contribution in [1.82, 2.24) is 9.78 Å². The average molecular weight is 285 g/mol. The fraction of sp³-hybridized carbons (Fsp3) is 0.375. The third-order valence-corrected chi connectivity index (χ3v) is 4.07. The minimum Gasteiger partial charge on any atom is -0.460 e. The van der Waals surface area contributed by atoms with Gasteiger partial charge >= 0.3 is 5.97 Å². The fourth-order valence-corrected chi connectivity index (χ4v) is 2.86. The van der Waals surface area contributed by atoms with Crippen LogP contribution >= 0.6 is 0 Å². The van der Waals surface area contributed by atoms with Crippen LogP contribution in [0.5, 0.6) is 0 Å². The second-order valence-electron chi connectivity index (χ2n) is 5.38. The number of carbonyl (C=O) groups is 1. The van der Waals surface area contributed by atoms with Gasteiger partial charge in [0, 0.05) is 13.0 Å². The second kappa shape index (κ2) is 5.24. The molecule has 1 aromatic heterocycles. The lowest BCUT2D eigenvalue weighted by Crippen LogP contribution is -2.24. The number of fused-ring (bicyclic) bond motifs is 1. The van der Waals surface area contributed by atoms with Crippen molar-refractivity contribution >= 4 is 11.7 Å². The van der Waals surface area contributed by atoms with Crippen molar-refractivity contribution in [1.29, 1.82) is 0 Å². The number of hydrogen-bond acceptors (Lipinski definition) is 4. The summed E-state index contributed by atoms with van der Waals surface area (Å²) >= 11 is 0. The molecule has 0 radical (unpaired) electrons. The predicted octanol–water partition coefficient (Wildman–Crippen LogP) is 2.06. The van der Waals surface area contributed by atoms with Gasteiger partial charge in [-0.05, 0) is 24.0 Å². The lowest BCUT2D eigenvalue weighted by molar-refractivity contribution is 0.0458. The molecule has 1 atom stereocenters. The van der Waals surface area contributed by atoms with E-state index in [4.69, 9.17) is 10.5 Å². The van der Waals surface area contributed by atoms with Crippen molar-refractivity contribution in [3.63, 3.8) is 0 Å². The first-order valence-corrected chi connectivity index (χ1v) is 7.18. The third-order valence-electron chi connectivity index (χ3n) is 4.07. The van der Waals surface area contributed by atoms with Crippen molar-refractivity contribution in [2.45, 2.75) is 25.7 Å². The fourth-order valence-electron chi connectivity index (χ4n) is 2.86. The highest BCUT2D eigenvalue weighted by molar-refractivity contribution is 5.93. The maximum absolute atomic E-state index is 12.2. The Hall–Kier alpha value is -2.30. The van der Waals surface area contributed by atoms with E-state index in [-0.39, 0.29) is 0 Å². The quantitative estimate of drug-likeness (QED) is 0.873. The Labute approximate surface area is 123 Å². The highest BCUT2D eigenvalue weighted by Crippen LogP contribution is 2.35. The number of esters is 1. The molecule has 5 heteroatoms. The zero-order valence-electron chi connectivity index (χ0n) is 12.3. The number of nitrogens with zero attached hydrogens (tertiary/aromatic N) is 2. The van der Waals surface area contributed by atoms with Crippen molar-refractivity contribution in [2.24, 2.45) is 7.05 Å². The van der Waals surface area contributed by atoms with E-state index in [0.717, 1.165) is 12.1 Å². The van der Waals surface area contributed by atoms with Crippen LogP contribution in [0.3, 0.4) is 0 Å². The van der Waals surface area contributed by atoms with E-state index in [9.17, 15) is 4.79 Å². The maximum atomic E-state index is 12.2. The smallest absolute Gasteiger partial charge is 0.358 e. The third kappa shape index (κ3) is 2.28. The van der Waals surface area contributed by atoms with Crippen molar-refractivity contribution in [2.75, 3.05) is 12.3 Å². The van der Waals surface area contributed by atoms with Crippen LogP contribution in [0.25, 0.3) is 0 Å². The maximum Gasteiger partial charge on any atom is 0.358 e. The second-order valence-corrected chi connectivity index (χ2v) is 5.38. The number of nitrogens with two attached hydrogens (primary N) is 1. The summed E-state index contributed by atoms with van der Waals surface area (Å²) in [7, 11) is 1.71. The van der Waals surface area contributed by atoms with Gasteiger partial charge in [0.1, 0.15) is 0 Å². The Morgan fingerprint density at radius 2 is 2.24 bits per heavy atom. The van der Waals surface area contributed by atoms with Crippen LogP contribution in [-0.2, 0) is 24.6 Å². The van der Waals surface area contributed by atoms with Crippen LogP contribution in [0.4, 0.5) is 5.69 Å². The van der Waals surface area contributed by atoms with Gasteiger partial charge in [-0.1, -0.05) is 31.2 Å². The monoisotopic (exact) mass is 285 g/mol. The molecule has 2 aromatic rings. The molecule has 3 rings (SSSR count). The molecule has 110 valence electrons. The normalized spacial score (nSPS) is 16.2. The van der Waals surface area contributed by atoms with Gasteiger partial charge in [0.05, 0.1) is 18.0 Å². The Kier molecular flexibility index (Phi) is 3.41. The molecule has 0 bridgehead atoms. The van der Waals surface area contributed by atoms with Gasteiger partial charge < -0.3 is 10.5 Å². The molecule has 0 fully saturated rings. The number of anilines is 1. The van der Waals surface area contributed by atoms with Gasteiger partial charge in [0.25, 0.3) is 0 Å². The molecule has 0 saturated carbocycles. The molecule has 0 saturated heterocycles.